The van der Waals surface area contributed by atoms with E-state index >= 15 is 0 Å². The highest BCUT2D eigenvalue weighted by Crippen LogP contribution is 2.25. The van der Waals surface area contributed by atoms with E-state index in [4.69, 9.17) is 0 Å². The average Bonchev–Trinajstić information content (AvgIpc) is 2.30. The molecule has 0 aliphatic carbocycles. The Morgan fingerprint density at radius 3 is 2.33 bits per heavy atom. The van der Waals surface area contributed by atoms with Crippen molar-refractivity contribution in [2.45, 2.75) is 23.7 Å². The van der Waals surface area contributed by atoms with Crippen LogP contribution < -0.4 is 5.32 Å². The third-order valence-corrected chi connectivity index (χ3v) is 3.96. The molecule has 0 saturated carbocycles. The van der Waals surface area contributed by atoms with Gasteiger partial charge in [-0.15, -0.1) is 0 Å². The zero-order valence-electron chi connectivity index (χ0n) is 9.03. The van der Waals surface area contributed by atoms with Crippen LogP contribution in [0.15, 0.2) is 29.2 Å². The highest BCUT2D eigenvalue weighted by Gasteiger charge is 2.15. The standard InChI is InChI=1S/C12H17NOS/c1-15(14)12-4-2-10(3-5-12)11-6-8-13-9-7-11/h2-5,11,13H,6-9H2,1H3. The molecule has 1 saturated heterocycles. The van der Waals surface area contributed by atoms with Crippen LogP contribution in [-0.2, 0) is 11.2 Å². The number of benzene rings is 1. The van der Waals surface area contributed by atoms with E-state index in [1.807, 2.05) is 12.1 Å². The molecule has 0 bridgehead atoms. The van der Waals surface area contributed by atoms with E-state index in [1.54, 1.807) is 6.26 Å². The average molecular weight is 223 g/mol. The Kier molecular flexibility index (Phi) is 3.67. The first kappa shape index (κ1) is 11.0. The normalized spacial score (nSPS) is 20.1. The van der Waals surface area contributed by atoms with Crippen LogP contribution in [0.25, 0.3) is 0 Å². The summed E-state index contributed by atoms with van der Waals surface area (Å²) in [6.45, 7) is 2.23. The first-order valence-electron chi connectivity index (χ1n) is 5.41. The van der Waals surface area contributed by atoms with Gasteiger partial charge >= 0.3 is 0 Å². The van der Waals surface area contributed by atoms with Crippen molar-refractivity contribution < 1.29 is 4.55 Å². The lowest BCUT2D eigenvalue weighted by Crippen LogP contribution is -2.26. The Morgan fingerprint density at radius 2 is 1.80 bits per heavy atom. The van der Waals surface area contributed by atoms with Gasteiger partial charge in [0, 0.05) is 0 Å². The minimum absolute atomic E-state index is 0.686. The van der Waals surface area contributed by atoms with Gasteiger partial charge in [0.05, 0.1) is 0 Å². The summed E-state index contributed by atoms with van der Waals surface area (Å²) in [5, 5.41) is 3.37. The lowest BCUT2D eigenvalue weighted by Gasteiger charge is -2.23. The molecule has 1 aromatic carbocycles. The summed E-state index contributed by atoms with van der Waals surface area (Å²) < 4.78 is 11.2. The number of hydrogen-bond donors (Lipinski definition) is 1. The van der Waals surface area contributed by atoms with Crippen molar-refractivity contribution in [3.8, 4) is 0 Å². The summed E-state index contributed by atoms with van der Waals surface area (Å²) in [4.78, 5) is 0.924. The fraction of sp³-hybridized carbons (Fsp3) is 0.500. The van der Waals surface area contributed by atoms with Crippen LogP contribution in [0.1, 0.15) is 24.3 Å². The van der Waals surface area contributed by atoms with Crippen LogP contribution in [-0.4, -0.2) is 23.9 Å². The minimum Gasteiger partial charge on any atom is -0.612 e. The number of hydrogen-bond acceptors (Lipinski definition) is 2. The highest BCUT2D eigenvalue weighted by atomic mass is 32.2. The maximum atomic E-state index is 11.2. The van der Waals surface area contributed by atoms with E-state index in [0.717, 1.165) is 18.0 Å². The van der Waals surface area contributed by atoms with Crippen LogP contribution in [0.2, 0.25) is 0 Å². The molecular weight excluding hydrogens is 206 g/mol. The van der Waals surface area contributed by atoms with Gasteiger partial charge in [-0.1, -0.05) is 12.1 Å². The van der Waals surface area contributed by atoms with Gasteiger partial charge in [-0.3, -0.25) is 0 Å². The van der Waals surface area contributed by atoms with Crippen molar-refractivity contribution in [2.24, 2.45) is 0 Å². The fourth-order valence-electron chi connectivity index (χ4n) is 2.09. The predicted molar refractivity (Wildman–Crippen MR) is 63.6 cm³/mol. The van der Waals surface area contributed by atoms with Crippen molar-refractivity contribution in [2.75, 3.05) is 19.3 Å². The van der Waals surface area contributed by atoms with Crippen LogP contribution in [0, 0.1) is 0 Å². The van der Waals surface area contributed by atoms with Crippen LogP contribution in [0.4, 0.5) is 0 Å². The Bertz CT molecular complexity index is 304. The summed E-state index contributed by atoms with van der Waals surface area (Å²) in [5.41, 5.74) is 1.39. The second-order valence-corrected chi connectivity index (χ2v) is 5.43. The van der Waals surface area contributed by atoms with Gasteiger partial charge in [0.15, 0.2) is 4.90 Å². The lowest BCUT2D eigenvalue weighted by atomic mass is 9.90. The van der Waals surface area contributed by atoms with Crippen molar-refractivity contribution in [3.63, 3.8) is 0 Å². The molecule has 1 atom stereocenters. The van der Waals surface area contributed by atoms with Crippen molar-refractivity contribution in [1.82, 2.24) is 5.32 Å². The molecule has 82 valence electrons. The maximum absolute atomic E-state index is 11.2. The van der Waals surface area contributed by atoms with Crippen LogP contribution in [0.3, 0.4) is 0 Å². The summed E-state index contributed by atoms with van der Waals surface area (Å²) >= 11 is -0.854. The quantitative estimate of drug-likeness (QED) is 0.777. The van der Waals surface area contributed by atoms with E-state index in [9.17, 15) is 4.55 Å². The van der Waals surface area contributed by atoms with E-state index in [1.165, 1.54) is 18.4 Å². The Balaban J connectivity index is 2.08. The molecule has 0 aromatic heterocycles. The first-order chi connectivity index (χ1) is 7.27. The molecule has 1 aromatic rings. The van der Waals surface area contributed by atoms with E-state index in [-0.39, 0.29) is 0 Å². The summed E-state index contributed by atoms with van der Waals surface area (Å²) in [6.07, 6.45) is 4.16. The molecule has 1 aliphatic rings. The SMILES string of the molecule is C[S+]([O-])c1ccc(C2CCNCC2)cc1. The van der Waals surface area contributed by atoms with Gasteiger partial charge in [-0.25, -0.2) is 0 Å². The molecule has 1 aliphatic heterocycles. The van der Waals surface area contributed by atoms with Crippen molar-refractivity contribution in [1.29, 1.82) is 0 Å². The maximum Gasteiger partial charge on any atom is 0.152 e. The molecule has 1 heterocycles. The summed E-state index contributed by atoms with van der Waals surface area (Å²) in [6, 6.07) is 8.25. The molecule has 3 heteroatoms. The van der Waals surface area contributed by atoms with Crippen LogP contribution in [0.5, 0.6) is 0 Å². The molecule has 0 amide bonds. The zero-order chi connectivity index (χ0) is 10.7. The second kappa shape index (κ2) is 5.01. The molecule has 2 nitrogen and oxygen atoms in total. The Labute approximate surface area is 94.3 Å². The fourth-order valence-corrected chi connectivity index (χ4v) is 2.61. The molecule has 1 N–H and O–H groups in total. The van der Waals surface area contributed by atoms with Gasteiger partial charge in [0.1, 0.15) is 6.26 Å². The Hall–Kier alpha value is -0.510. The largest absolute Gasteiger partial charge is 0.612 e. The third-order valence-electron chi connectivity index (χ3n) is 3.02. The molecule has 2 rings (SSSR count). The Morgan fingerprint density at radius 1 is 1.20 bits per heavy atom. The van der Waals surface area contributed by atoms with Gasteiger partial charge in [-0.05, 0) is 60.7 Å². The van der Waals surface area contributed by atoms with Gasteiger partial charge < -0.3 is 9.87 Å². The van der Waals surface area contributed by atoms with Crippen LogP contribution >= 0.6 is 0 Å². The summed E-state index contributed by atoms with van der Waals surface area (Å²) in [7, 11) is 0. The summed E-state index contributed by atoms with van der Waals surface area (Å²) in [5.74, 6) is 0.686. The highest BCUT2D eigenvalue weighted by molar-refractivity contribution is 7.90. The first-order valence-corrected chi connectivity index (χ1v) is 6.97. The van der Waals surface area contributed by atoms with Gasteiger partial charge in [0.25, 0.3) is 0 Å². The molecule has 0 spiro atoms. The van der Waals surface area contributed by atoms with Crippen molar-refractivity contribution in [3.05, 3.63) is 29.8 Å². The smallest absolute Gasteiger partial charge is 0.152 e. The number of piperidine rings is 1. The van der Waals surface area contributed by atoms with E-state index < -0.39 is 11.2 Å². The lowest BCUT2D eigenvalue weighted by molar-refractivity contribution is 0.460. The minimum atomic E-state index is -0.854. The van der Waals surface area contributed by atoms with Gasteiger partial charge in [-0.2, -0.15) is 0 Å². The molecule has 1 fully saturated rings. The number of rotatable bonds is 2. The zero-order valence-corrected chi connectivity index (χ0v) is 9.85. The monoisotopic (exact) mass is 223 g/mol. The van der Waals surface area contributed by atoms with Crippen molar-refractivity contribution >= 4 is 11.2 Å². The topological polar surface area (TPSA) is 35.1 Å². The van der Waals surface area contributed by atoms with E-state index in [2.05, 4.69) is 17.4 Å². The molecular formula is C12H17NOS. The number of nitrogens with one attached hydrogen (secondary N) is 1. The van der Waals surface area contributed by atoms with E-state index in [0.29, 0.717) is 5.92 Å². The third kappa shape index (κ3) is 2.74. The molecule has 1 unspecified atom stereocenters. The molecule has 0 radical (unpaired) electrons. The second-order valence-electron chi connectivity index (χ2n) is 4.05. The molecule has 15 heavy (non-hydrogen) atoms. The predicted octanol–water partition coefficient (Wildman–Crippen LogP) is 1.89. The van der Waals surface area contributed by atoms with Gasteiger partial charge in [0.2, 0.25) is 0 Å².